The van der Waals surface area contributed by atoms with E-state index in [0.717, 1.165) is 6.07 Å². The topological polar surface area (TPSA) is 104 Å². The Morgan fingerprint density at radius 3 is 2.37 bits per heavy atom. The van der Waals surface area contributed by atoms with Crippen LogP contribution in [0.15, 0.2) is 58.4 Å². The van der Waals surface area contributed by atoms with Gasteiger partial charge in [-0.1, -0.05) is 6.07 Å². The predicted octanol–water partition coefficient (Wildman–Crippen LogP) is 4.78. The molecule has 9 nitrogen and oxygen atoms in total. The summed E-state index contributed by atoms with van der Waals surface area (Å²) < 4.78 is 94.2. The normalized spacial score (nSPS) is 16.3. The third kappa shape index (κ3) is 6.02. The average Bonchev–Trinajstić information content (AvgIpc) is 3.46. The van der Waals surface area contributed by atoms with E-state index in [1.807, 2.05) is 0 Å². The summed E-state index contributed by atoms with van der Waals surface area (Å²) in [6, 6.07) is 6.20. The van der Waals surface area contributed by atoms with E-state index < -0.39 is 63.6 Å². The second kappa shape index (κ2) is 11.3. The minimum atomic E-state index is -5.21. The molecule has 1 aliphatic rings. The number of pyridine rings is 2. The molecule has 226 valence electrons. The molecule has 0 bridgehead atoms. The van der Waals surface area contributed by atoms with Crippen molar-refractivity contribution < 1.29 is 45.4 Å². The number of hydrogen-bond acceptors (Lipinski definition) is 6. The molecule has 0 N–H and O–H groups in total. The highest BCUT2D eigenvalue weighted by Crippen LogP contribution is 2.36. The Balaban J connectivity index is 1.84. The fraction of sp³-hybridized carbons (Fsp3) is 0.321. The van der Waals surface area contributed by atoms with Crippen LogP contribution >= 0.6 is 0 Å². The second-order valence-corrected chi connectivity index (χ2v) is 9.64. The number of esters is 1. The van der Waals surface area contributed by atoms with E-state index in [1.165, 1.54) is 28.2 Å². The second-order valence-electron chi connectivity index (χ2n) is 9.64. The highest BCUT2D eigenvalue weighted by atomic mass is 19.4. The summed E-state index contributed by atoms with van der Waals surface area (Å²) in [5.74, 6) is -2.53. The van der Waals surface area contributed by atoms with Gasteiger partial charge >= 0.3 is 18.3 Å². The number of nitrogens with zero attached hydrogens (tertiary/aromatic N) is 4. The molecule has 0 radical (unpaired) electrons. The van der Waals surface area contributed by atoms with Crippen molar-refractivity contribution in [1.82, 2.24) is 14.0 Å². The quantitative estimate of drug-likeness (QED) is 0.184. The molecule has 1 saturated heterocycles. The van der Waals surface area contributed by atoms with Crippen molar-refractivity contribution in [2.45, 2.75) is 44.8 Å². The van der Waals surface area contributed by atoms with Gasteiger partial charge in [0.2, 0.25) is 0 Å². The summed E-state index contributed by atoms with van der Waals surface area (Å²) in [5.41, 5.74) is -5.76. The first-order chi connectivity index (χ1) is 20.3. The lowest BCUT2D eigenvalue weighted by Gasteiger charge is -2.18. The van der Waals surface area contributed by atoms with Crippen LogP contribution in [0.2, 0.25) is 0 Å². The van der Waals surface area contributed by atoms with Crippen molar-refractivity contribution in [1.29, 1.82) is 0 Å². The van der Waals surface area contributed by atoms with Gasteiger partial charge in [0, 0.05) is 18.4 Å². The number of rotatable bonds is 5. The van der Waals surface area contributed by atoms with Crippen LogP contribution in [0.5, 0.6) is 0 Å². The number of carbonyl (C=O) groups excluding carboxylic acids is 2. The van der Waals surface area contributed by atoms with E-state index >= 15 is 0 Å². The number of fused-ring (bicyclic) bond motifs is 2. The van der Waals surface area contributed by atoms with Crippen LogP contribution in [-0.2, 0) is 28.4 Å². The summed E-state index contributed by atoms with van der Waals surface area (Å²) in [5, 5.41) is -0.0745. The molecule has 0 spiro atoms. The first-order valence-corrected chi connectivity index (χ1v) is 13.0. The minimum Gasteiger partial charge on any atom is -0.462 e. The number of carbonyl (C=O) groups is 2. The molecule has 43 heavy (non-hydrogen) atoms. The number of alkyl halides is 6. The van der Waals surface area contributed by atoms with Crippen molar-refractivity contribution >= 4 is 28.6 Å². The number of amides is 1. The molecule has 1 atom stereocenters. The highest BCUT2D eigenvalue weighted by Gasteiger charge is 2.37. The van der Waals surface area contributed by atoms with Crippen LogP contribution in [0.4, 0.5) is 26.3 Å². The van der Waals surface area contributed by atoms with Crippen LogP contribution in [0.3, 0.4) is 0 Å². The molecule has 5 rings (SSSR count). The van der Waals surface area contributed by atoms with Crippen LogP contribution in [0.1, 0.15) is 51.6 Å². The summed E-state index contributed by atoms with van der Waals surface area (Å²) >= 11 is 0. The van der Waals surface area contributed by atoms with Gasteiger partial charge in [-0.25, -0.2) is 9.78 Å². The summed E-state index contributed by atoms with van der Waals surface area (Å²) in [6.45, 7) is 1.66. The van der Waals surface area contributed by atoms with Gasteiger partial charge in [-0.3, -0.25) is 14.0 Å². The van der Waals surface area contributed by atoms with Gasteiger partial charge in [0.25, 0.3) is 11.5 Å². The zero-order chi connectivity index (χ0) is 31.1. The number of hydrogen-bond donors (Lipinski definition) is 0. The lowest BCUT2D eigenvalue weighted by molar-refractivity contribution is -0.143. The van der Waals surface area contributed by atoms with Gasteiger partial charge in [0.05, 0.1) is 35.8 Å². The van der Waals surface area contributed by atoms with Crippen LogP contribution < -0.4 is 11.0 Å². The van der Waals surface area contributed by atoms with E-state index in [1.54, 1.807) is 12.1 Å². The number of ether oxygens (including phenoxy) is 2. The van der Waals surface area contributed by atoms with Crippen molar-refractivity contribution in [3.63, 3.8) is 0 Å². The van der Waals surface area contributed by atoms with Crippen LogP contribution in [-0.4, -0.2) is 45.1 Å². The lowest BCUT2D eigenvalue weighted by Crippen LogP contribution is -2.35. The maximum Gasteiger partial charge on any atom is 0.416 e. The monoisotopic (exact) mass is 608 g/mol. The minimum absolute atomic E-state index is 0.0358. The Kier molecular flexibility index (Phi) is 7.86. The molecule has 4 aromatic rings. The predicted molar refractivity (Wildman–Crippen MR) is 138 cm³/mol. The van der Waals surface area contributed by atoms with Gasteiger partial charge < -0.3 is 14.0 Å². The van der Waals surface area contributed by atoms with Gasteiger partial charge in [-0.2, -0.15) is 31.3 Å². The molecule has 1 aromatic carbocycles. The zero-order valence-electron chi connectivity index (χ0n) is 22.3. The molecule has 3 aromatic heterocycles. The molecule has 4 heterocycles. The smallest absolute Gasteiger partial charge is 0.416 e. The Morgan fingerprint density at radius 1 is 1.07 bits per heavy atom. The van der Waals surface area contributed by atoms with E-state index in [0.29, 0.717) is 19.4 Å². The average molecular weight is 608 g/mol. The maximum absolute atomic E-state index is 13.5. The van der Waals surface area contributed by atoms with Crippen molar-refractivity contribution in [3.8, 4) is 0 Å². The van der Waals surface area contributed by atoms with Gasteiger partial charge in [0.1, 0.15) is 16.9 Å². The summed E-state index contributed by atoms with van der Waals surface area (Å²) in [6.07, 6.45) is -8.23. The van der Waals surface area contributed by atoms with E-state index in [9.17, 15) is 40.7 Å². The third-order valence-electron chi connectivity index (χ3n) is 6.74. The van der Waals surface area contributed by atoms with E-state index in [2.05, 4.69) is 9.98 Å². The third-order valence-corrected chi connectivity index (χ3v) is 6.74. The zero-order valence-corrected chi connectivity index (χ0v) is 22.3. The van der Waals surface area contributed by atoms with Gasteiger partial charge in [-0.15, -0.1) is 0 Å². The summed E-state index contributed by atoms with van der Waals surface area (Å²) in [7, 11) is 0. The van der Waals surface area contributed by atoms with Crippen LogP contribution in [0, 0.1) is 0 Å². The first-order valence-electron chi connectivity index (χ1n) is 13.0. The molecule has 0 saturated carbocycles. The fourth-order valence-corrected chi connectivity index (χ4v) is 4.76. The number of benzene rings is 1. The van der Waals surface area contributed by atoms with Crippen LogP contribution in [0.25, 0.3) is 16.7 Å². The molecule has 1 amide bonds. The molecular weight excluding hydrogens is 586 g/mol. The summed E-state index contributed by atoms with van der Waals surface area (Å²) in [4.78, 5) is 48.2. The van der Waals surface area contributed by atoms with Crippen molar-refractivity contribution in [3.05, 3.63) is 86.8 Å². The van der Waals surface area contributed by atoms with E-state index in [4.69, 9.17) is 9.47 Å². The molecule has 0 unspecified atom stereocenters. The van der Waals surface area contributed by atoms with E-state index in [-0.39, 0.29) is 48.0 Å². The van der Waals surface area contributed by atoms with Gasteiger partial charge in [-0.05, 0) is 56.2 Å². The lowest BCUT2D eigenvalue weighted by atomic mass is 10.0. The van der Waals surface area contributed by atoms with Crippen molar-refractivity contribution in [2.24, 2.45) is 4.99 Å². The Morgan fingerprint density at radius 2 is 1.77 bits per heavy atom. The van der Waals surface area contributed by atoms with Gasteiger partial charge in [0.15, 0.2) is 5.49 Å². The molecule has 1 aliphatic heterocycles. The fourth-order valence-electron chi connectivity index (χ4n) is 4.76. The molecule has 1 fully saturated rings. The SMILES string of the molecule is CCOC(=O)c1cc2c(=O)n3ccccc3nc2n(C[C@@H]2CCCO2)c1=NC(=O)c1cc(C(F)(F)F)cc(C(F)(F)F)c1. The Bertz CT molecular complexity index is 1840. The Labute approximate surface area is 238 Å². The van der Waals surface area contributed by atoms with Crippen molar-refractivity contribution in [2.75, 3.05) is 13.2 Å². The number of aromatic nitrogens is 3. The molecule has 0 aliphatic carbocycles. The number of halogens is 6. The maximum atomic E-state index is 13.5. The molecular formula is C28H22F6N4O5. The molecule has 15 heteroatoms. The first kappa shape index (κ1) is 29.9. The highest BCUT2D eigenvalue weighted by molar-refractivity contribution is 5.97. The largest absolute Gasteiger partial charge is 0.462 e. The Hall–Kier alpha value is -4.53. The standard InChI is InChI=1S/C28H22F6N4O5/c1-2-42-26(41)20-13-19-22(35-21-7-3-4-8-37(21)25(19)40)38(14-18-6-5-9-43-18)23(20)36-24(39)15-10-16(27(29,30)31)12-17(11-15)28(32,33)34/h3-4,7-8,10-13,18H,2,5-6,9,14H2,1H3/t18-/m0/s1.